The molecule has 0 radical (unpaired) electrons. The summed E-state index contributed by atoms with van der Waals surface area (Å²) < 4.78 is 5.14. The van der Waals surface area contributed by atoms with E-state index in [-0.39, 0.29) is 17.7 Å². The molecular weight excluding hydrogens is 394 g/mol. The van der Waals surface area contributed by atoms with Crippen LogP contribution in [0.1, 0.15) is 73.4 Å². The Morgan fingerprint density at radius 3 is 2.35 bits per heavy atom. The van der Waals surface area contributed by atoms with Gasteiger partial charge in [-0.25, -0.2) is 4.98 Å². The zero-order valence-electron chi connectivity index (χ0n) is 18.4. The van der Waals surface area contributed by atoms with Crippen LogP contribution in [0, 0.1) is 5.92 Å². The average Bonchev–Trinajstić information content (AvgIpc) is 3.53. The van der Waals surface area contributed by atoms with E-state index in [1.54, 1.807) is 31.4 Å². The molecule has 1 atom stereocenters. The number of benzene rings is 1. The quantitative estimate of drug-likeness (QED) is 0.711. The normalized spacial score (nSPS) is 18.1. The van der Waals surface area contributed by atoms with Gasteiger partial charge in [-0.2, -0.15) is 5.10 Å². The number of likely N-dealkylation sites (tertiary alicyclic amines) is 1. The molecule has 1 unspecified atom stereocenters. The second-order valence-electron chi connectivity index (χ2n) is 8.88. The highest BCUT2D eigenvalue weighted by Crippen LogP contribution is 2.38. The van der Waals surface area contributed by atoms with Gasteiger partial charge in [0.2, 0.25) is 5.91 Å². The van der Waals surface area contributed by atoms with Crippen LogP contribution in [0.3, 0.4) is 0 Å². The number of aromatic amines is 1. The Morgan fingerprint density at radius 2 is 1.77 bits per heavy atom. The highest BCUT2D eigenvalue weighted by Gasteiger charge is 2.33. The van der Waals surface area contributed by atoms with E-state index in [4.69, 9.17) is 4.74 Å². The fourth-order valence-corrected chi connectivity index (χ4v) is 4.05. The number of hydrogen-bond acceptors (Lipinski definition) is 5. The van der Waals surface area contributed by atoms with E-state index in [1.165, 1.54) is 12.8 Å². The number of methoxy groups -OCH3 is 1. The minimum Gasteiger partial charge on any atom is -0.497 e. The maximum absolute atomic E-state index is 13.2. The number of carbonyl (C=O) groups is 2. The predicted molar refractivity (Wildman–Crippen MR) is 116 cm³/mol. The largest absolute Gasteiger partial charge is 0.497 e. The van der Waals surface area contributed by atoms with Crippen LogP contribution in [0.5, 0.6) is 5.75 Å². The van der Waals surface area contributed by atoms with Gasteiger partial charge in [-0.05, 0) is 55.9 Å². The highest BCUT2D eigenvalue weighted by molar-refractivity contribution is 5.97. The van der Waals surface area contributed by atoms with Crippen molar-refractivity contribution in [2.45, 2.75) is 57.4 Å². The molecule has 2 heterocycles. The molecule has 1 aliphatic heterocycles. The van der Waals surface area contributed by atoms with Gasteiger partial charge in [0, 0.05) is 30.5 Å². The van der Waals surface area contributed by atoms with E-state index >= 15 is 0 Å². The first kappa shape index (κ1) is 21.3. The number of aromatic nitrogens is 3. The van der Waals surface area contributed by atoms with Crippen LogP contribution in [-0.2, 0) is 4.79 Å². The van der Waals surface area contributed by atoms with E-state index in [2.05, 4.69) is 20.5 Å². The third kappa shape index (κ3) is 4.89. The number of ether oxygens (including phenoxy) is 1. The zero-order valence-corrected chi connectivity index (χ0v) is 18.4. The maximum Gasteiger partial charge on any atom is 0.251 e. The summed E-state index contributed by atoms with van der Waals surface area (Å²) in [6.45, 7) is 5.23. The molecule has 1 aromatic carbocycles. The van der Waals surface area contributed by atoms with Gasteiger partial charge in [-0.3, -0.25) is 14.7 Å². The molecule has 2 aliphatic rings. The van der Waals surface area contributed by atoms with Crippen LogP contribution in [0.25, 0.3) is 0 Å². The van der Waals surface area contributed by atoms with Gasteiger partial charge in [0.05, 0.1) is 7.11 Å². The summed E-state index contributed by atoms with van der Waals surface area (Å²) in [6.07, 6.45) is 4.07. The summed E-state index contributed by atoms with van der Waals surface area (Å²) in [5, 5.41) is 10.4. The molecule has 2 amide bonds. The SMILES string of the molecule is COc1ccc(C(=O)NC(C(=O)N2CCC(c3nc(C4CC4)n[nH]3)CC2)C(C)C)cc1. The zero-order chi connectivity index (χ0) is 22.0. The molecule has 2 fully saturated rings. The first-order valence-electron chi connectivity index (χ1n) is 11.1. The summed E-state index contributed by atoms with van der Waals surface area (Å²) in [5.41, 5.74) is 0.509. The number of nitrogens with zero attached hydrogens (tertiary/aromatic N) is 3. The lowest BCUT2D eigenvalue weighted by molar-refractivity contribution is -0.135. The van der Waals surface area contributed by atoms with Crippen LogP contribution in [0.4, 0.5) is 0 Å². The standard InChI is InChI=1S/C23H31N5O3/c1-14(2)19(24-22(29)17-6-8-18(31-3)9-7-17)23(30)28-12-10-16(11-13-28)21-25-20(26-27-21)15-4-5-15/h6-9,14-16,19H,4-5,10-13H2,1-3H3,(H,24,29)(H,25,26,27). The fraction of sp³-hybridized carbons (Fsp3) is 0.565. The molecule has 2 aromatic rings. The second kappa shape index (κ2) is 9.08. The highest BCUT2D eigenvalue weighted by atomic mass is 16.5. The molecule has 8 heteroatoms. The maximum atomic E-state index is 13.2. The molecule has 0 spiro atoms. The Hall–Kier alpha value is -2.90. The third-order valence-corrected chi connectivity index (χ3v) is 6.23. The summed E-state index contributed by atoms with van der Waals surface area (Å²) in [6, 6.07) is 6.33. The van der Waals surface area contributed by atoms with Gasteiger partial charge in [0.1, 0.15) is 17.6 Å². The van der Waals surface area contributed by atoms with Gasteiger partial charge in [-0.15, -0.1) is 0 Å². The smallest absolute Gasteiger partial charge is 0.251 e. The molecular formula is C23H31N5O3. The van der Waals surface area contributed by atoms with E-state index in [0.29, 0.717) is 36.2 Å². The molecule has 166 valence electrons. The summed E-state index contributed by atoms with van der Waals surface area (Å²) in [4.78, 5) is 32.5. The molecule has 0 bridgehead atoms. The molecule has 1 saturated carbocycles. The molecule has 4 rings (SSSR count). The minimum atomic E-state index is -0.557. The predicted octanol–water partition coefficient (Wildman–Crippen LogP) is 2.85. The molecule has 1 saturated heterocycles. The minimum absolute atomic E-state index is 0.0113. The average molecular weight is 426 g/mol. The summed E-state index contributed by atoms with van der Waals surface area (Å²) in [5.74, 6) is 3.13. The van der Waals surface area contributed by atoms with Crippen LogP contribution in [0.2, 0.25) is 0 Å². The van der Waals surface area contributed by atoms with Crippen molar-refractivity contribution in [1.29, 1.82) is 0 Å². The van der Waals surface area contributed by atoms with Crippen LogP contribution < -0.4 is 10.1 Å². The number of H-pyrrole nitrogens is 1. The van der Waals surface area contributed by atoms with Gasteiger partial charge < -0.3 is 15.0 Å². The third-order valence-electron chi connectivity index (χ3n) is 6.23. The second-order valence-corrected chi connectivity index (χ2v) is 8.88. The van der Waals surface area contributed by atoms with Crippen molar-refractivity contribution >= 4 is 11.8 Å². The number of nitrogens with one attached hydrogen (secondary N) is 2. The van der Waals surface area contributed by atoms with Crippen LogP contribution >= 0.6 is 0 Å². The van der Waals surface area contributed by atoms with E-state index < -0.39 is 6.04 Å². The van der Waals surface area contributed by atoms with E-state index in [0.717, 1.165) is 24.5 Å². The lowest BCUT2D eigenvalue weighted by atomic mass is 9.94. The monoisotopic (exact) mass is 425 g/mol. The van der Waals surface area contributed by atoms with Gasteiger partial charge >= 0.3 is 0 Å². The first-order chi connectivity index (χ1) is 15.0. The lowest BCUT2D eigenvalue weighted by Gasteiger charge is -2.34. The molecule has 2 N–H and O–H groups in total. The summed E-state index contributed by atoms with van der Waals surface area (Å²) in [7, 11) is 1.58. The Labute approximate surface area is 182 Å². The van der Waals surface area contributed by atoms with Crippen LogP contribution in [-0.4, -0.2) is 58.1 Å². The van der Waals surface area contributed by atoms with Crippen molar-refractivity contribution in [3.05, 3.63) is 41.5 Å². The first-order valence-corrected chi connectivity index (χ1v) is 11.1. The molecule has 1 aliphatic carbocycles. The Morgan fingerprint density at radius 1 is 1.10 bits per heavy atom. The van der Waals surface area contributed by atoms with E-state index in [1.807, 2.05) is 18.7 Å². The van der Waals surface area contributed by atoms with Crippen molar-refractivity contribution in [2.24, 2.45) is 5.92 Å². The number of amides is 2. The van der Waals surface area contributed by atoms with Crippen LogP contribution in [0.15, 0.2) is 24.3 Å². The Bertz CT molecular complexity index is 912. The number of hydrogen-bond donors (Lipinski definition) is 2. The topological polar surface area (TPSA) is 100 Å². The number of rotatable bonds is 7. The molecule has 31 heavy (non-hydrogen) atoms. The van der Waals surface area contributed by atoms with Gasteiger partial charge in [0.25, 0.3) is 5.91 Å². The van der Waals surface area contributed by atoms with Crippen molar-refractivity contribution in [1.82, 2.24) is 25.4 Å². The summed E-state index contributed by atoms with van der Waals surface area (Å²) >= 11 is 0. The number of carbonyl (C=O) groups excluding carboxylic acids is 2. The van der Waals surface area contributed by atoms with Crippen molar-refractivity contribution < 1.29 is 14.3 Å². The number of piperidine rings is 1. The lowest BCUT2D eigenvalue weighted by Crippen LogP contribution is -2.52. The molecule has 1 aromatic heterocycles. The fourth-order valence-electron chi connectivity index (χ4n) is 4.05. The van der Waals surface area contributed by atoms with Crippen molar-refractivity contribution in [3.63, 3.8) is 0 Å². The van der Waals surface area contributed by atoms with E-state index in [9.17, 15) is 9.59 Å². The molecule has 8 nitrogen and oxygen atoms in total. The Kier molecular flexibility index (Phi) is 6.25. The van der Waals surface area contributed by atoms with Gasteiger partial charge in [0.15, 0.2) is 5.82 Å². The Balaban J connectivity index is 1.35. The van der Waals surface area contributed by atoms with Crippen molar-refractivity contribution in [3.8, 4) is 5.75 Å². The van der Waals surface area contributed by atoms with Gasteiger partial charge in [-0.1, -0.05) is 13.8 Å². The van der Waals surface area contributed by atoms with Crippen molar-refractivity contribution in [2.75, 3.05) is 20.2 Å².